The van der Waals surface area contributed by atoms with Crippen LogP contribution in [0, 0.1) is 0 Å². The van der Waals surface area contributed by atoms with Crippen LogP contribution in [0.2, 0.25) is 0 Å². The van der Waals surface area contributed by atoms with Crippen LogP contribution in [-0.2, 0) is 0 Å². The second-order valence-corrected chi connectivity index (χ2v) is 5.38. The summed E-state index contributed by atoms with van der Waals surface area (Å²) in [6.07, 6.45) is 3.64. The Labute approximate surface area is 105 Å². The van der Waals surface area contributed by atoms with E-state index in [9.17, 15) is 9.90 Å². The van der Waals surface area contributed by atoms with Gasteiger partial charge in [0, 0.05) is 18.0 Å². The topological polar surface area (TPSA) is 58.6 Å². The van der Waals surface area contributed by atoms with Gasteiger partial charge in [-0.1, -0.05) is 12.8 Å². The number of methoxy groups -OCH3 is 1. The van der Waals surface area contributed by atoms with Crippen LogP contribution in [0.3, 0.4) is 0 Å². The van der Waals surface area contributed by atoms with Crippen LogP contribution in [0.15, 0.2) is 11.4 Å². The van der Waals surface area contributed by atoms with Gasteiger partial charge in [-0.2, -0.15) is 0 Å². The maximum Gasteiger partial charge on any atom is 0.261 e. The second-order valence-electron chi connectivity index (χ2n) is 4.46. The standard InChI is InChI=1S/C12H17NO3S/c1-16-9-6-10(17-7-9)11(14)13-8-12(15)4-2-3-5-12/h6-7,15H,2-5,8H2,1H3,(H,13,14). The fourth-order valence-electron chi connectivity index (χ4n) is 2.09. The Hall–Kier alpha value is -1.07. The van der Waals surface area contributed by atoms with E-state index in [-0.39, 0.29) is 5.91 Å². The summed E-state index contributed by atoms with van der Waals surface area (Å²) < 4.78 is 5.02. The summed E-state index contributed by atoms with van der Waals surface area (Å²) in [5, 5.41) is 14.7. The van der Waals surface area contributed by atoms with Gasteiger partial charge in [0.2, 0.25) is 0 Å². The molecule has 4 nitrogen and oxygen atoms in total. The zero-order chi connectivity index (χ0) is 12.3. The number of hydrogen-bond acceptors (Lipinski definition) is 4. The van der Waals surface area contributed by atoms with Crippen LogP contribution in [-0.4, -0.2) is 30.3 Å². The summed E-state index contributed by atoms with van der Waals surface area (Å²) in [5.74, 6) is 0.554. The molecular formula is C12H17NO3S. The highest BCUT2D eigenvalue weighted by Crippen LogP contribution is 2.29. The first-order valence-corrected chi connectivity index (χ1v) is 6.64. The zero-order valence-corrected chi connectivity index (χ0v) is 10.7. The number of rotatable bonds is 4. The molecule has 0 bridgehead atoms. The van der Waals surface area contributed by atoms with Crippen molar-refractivity contribution in [3.05, 3.63) is 16.3 Å². The van der Waals surface area contributed by atoms with Gasteiger partial charge in [0.15, 0.2) is 0 Å². The summed E-state index contributed by atoms with van der Waals surface area (Å²) in [7, 11) is 1.57. The number of hydrogen-bond donors (Lipinski definition) is 2. The van der Waals surface area contributed by atoms with E-state index in [1.807, 2.05) is 0 Å². The first kappa shape index (κ1) is 12.4. The third kappa shape index (κ3) is 2.98. The third-order valence-electron chi connectivity index (χ3n) is 3.15. The Kier molecular flexibility index (Phi) is 3.69. The average Bonchev–Trinajstić information content (AvgIpc) is 2.95. The molecule has 0 saturated heterocycles. The van der Waals surface area contributed by atoms with Crippen LogP contribution in [0.1, 0.15) is 35.4 Å². The monoisotopic (exact) mass is 255 g/mol. The Balaban J connectivity index is 1.88. The van der Waals surface area contributed by atoms with Crippen molar-refractivity contribution >= 4 is 17.2 Å². The van der Waals surface area contributed by atoms with Crippen molar-refractivity contribution in [3.63, 3.8) is 0 Å². The van der Waals surface area contributed by atoms with Gasteiger partial charge >= 0.3 is 0 Å². The van der Waals surface area contributed by atoms with Crippen molar-refractivity contribution in [2.24, 2.45) is 0 Å². The number of ether oxygens (including phenoxy) is 1. The molecule has 1 aliphatic carbocycles. The van der Waals surface area contributed by atoms with E-state index in [0.29, 0.717) is 17.2 Å². The number of nitrogens with one attached hydrogen (secondary N) is 1. The molecule has 5 heteroatoms. The normalized spacial score (nSPS) is 18.0. The largest absolute Gasteiger partial charge is 0.496 e. The predicted molar refractivity (Wildman–Crippen MR) is 66.6 cm³/mol. The molecule has 1 aromatic heterocycles. The second kappa shape index (κ2) is 5.06. The van der Waals surface area contributed by atoms with Gasteiger partial charge in [0.05, 0.1) is 17.6 Å². The lowest BCUT2D eigenvalue weighted by Crippen LogP contribution is -2.40. The Bertz CT molecular complexity index is 396. The SMILES string of the molecule is COc1csc(C(=O)NCC2(O)CCCC2)c1. The highest BCUT2D eigenvalue weighted by molar-refractivity contribution is 7.12. The molecule has 17 heavy (non-hydrogen) atoms. The van der Waals surface area contributed by atoms with Gasteiger partial charge < -0.3 is 15.2 Å². The van der Waals surface area contributed by atoms with E-state index >= 15 is 0 Å². The highest BCUT2D eigenvalue weighted by Gasteiger charge is 2.31. The van der Waals surface area contributed by atoms with Gasteiger partial charge in [-0.3, -0.25) is 4.79 Å². The minimum atomic E-state index is -0.697. The first-order chi connectivity index (χ1) is 8.13. The number of amides is 1. The van der Waals surface area contributed by atoms with Gasteiger partial charge in [0.25, 0.3) is 5.91 Å². The highest BCUT2D eigenvalue weighted by atomic mass is 32.1. The molecule has 0 unspecified atom stereocenters. The number of thiophene rings is 1. The van der Waals surface area contributed by atoms with Gasteiger partial charge in [-0.05, 0) is 12.8 Å². The van der Waals surface area contributed by atoms with Gasteiger partial charge in [0.1, 0.15) is 5.75 Å². The molecule has 1 heterocycles. The predicted octanol–water partition coefficient (Wildman–Crippen LogP) is 1.79. The minimum Gasteiger partial charge on any atom is -0.496 e. The molecule has 0 spiro atoms. The maximum absolute atomic E-state index is 11.8. The van der Waals surface area contributed by atoms with E-state index in [2.05, 4.69) is 5.32 Å². The van der Waals surface area contributed by atoms with Crippen molar-refractivity contribution in [3.8, 4) is 5.75 Å². The zero-order valence-electron chi connectivity index (χ0n) is 9.86. The number of aliphatic hydroxyl groups is 1. The number of carbonyl (C=O) groups is 1. The minimum absolute atomic E-state index is 0.140. The summed E-state index contributed by atoms with van der Waals surface area (Å²) in [5.41, 5.74) is -0.697. The van der Waals surface area contributed by atoms with Crippen molar-refractivity contribution in [2.75, 3.05) is 13.7 Å². The molecule has 0 atom stereocenters. The molecule has 94 valence electrons. The molecule has 0 aromatic carbocycles. The smallest absolute Gasteiger partial charge is 0.261 e. The summed E-state index contributed by atoms with van der Waals surface area (Å²) in [6, 6.07) is 1.71. The van der Waals surface area contributed by atoms with Crippen LogP contribution in [0.5, 0.6) is 5.75 Å². The molecule has 2 N–H and O–H groups in total. The van der Waals surface area contributed by atoms with Crippen molar-refractivity contribution in [1.29, 1.82) is 0 Å². The Morgan fingerprint density at radius 2 is 2.29 bits per heavy atom. The molecule has 1 fully saturated rings. The summed E-state index contributed by atoms with van der Waals surface area (Å²) in [4.78, 5) is 12.4. The lowest BCUT2D eigenvalue weighted by molar-refractivity contribution is 0.0450. The molecule has 2 rings (SSSR count). The first-order valence-electron chi connectivity index (χ1n) is 5.76. The fraction of sp³-hybridized carbons (Fsp3) is 0.583. The van der Waals surface area contributed by atoms with Crippen molar-refractivity contribution < 1.29 is 14.6 Å². The maximum atomic E-state index is 11.8. The lowest BCUT2D eigenvalue weighted by atomic mass is 10.0. The van der Waals surface area contributed by atoms with E-state index < -0.39 is 5.60 Å². The summed E-state index contributed by atoms with van der Waals surface area (Å²) >= 11 is 1.34. The molecule has 0 aliphatic heterocycles. The molecule has 1 amide bonds. The third-order valence-corrected chi connectivity index (χ3v) is 4.05. The van der Waals surface area contributed by atoms with Crippen LogP contribution in [0.25, 0.3) is 0 Å². The van der Waals surface area contributed by atoms with E-state index in [1.54, 1.807) is 18.6 Å². The van der Waals surface area contributed by atoms with Crippen LogP contribution < -0.4 is 10.1 Å². The average molecular weight is 255 g/mol. The van der Waals surface area contributed by atoms with Crippen molar-refractivity contribution in [1.82, 2.24) is 5.32 Å². The molecular weight excluding hydrogens is 238 g/mol. The van der Waals surface area contributed by atoms with E-state index in [4.69, 9.17) is 4.74 Å². The van der Waals surface area contributed by atoms with Crippen LogP contribution in [0.4, 0.5) is 0 Å². The quantitative estimate of drug-likeness (QED) is 0.862. The van der Waals surface area contributed by atoms with Gasteiger partial charge in [-0.15, -0.1) is 11.3 Å². The Morgan fingerprint density at radius 1 is 1.59 bits per heavy atom. The summed E-state index contributed by atoms with van der Waals surface area (Å²) in [6.45, 7) is 0.339. The lowest BCUT2D eigenvalue weighted by Gasteiger charge is -2.21. The van der Waals surface area contributed by atoms with E-state index in [1.165, 1.54) is 11.3 Å². The molecule has 1 aromatic rings. The molecule has 1 aliphatic rings. The number of carbonyl (C=O) groups excluding carboxylic acids is 1. The van der Waals surface area contributed by atoms with Crippen molar-refractivity contribution in [2.45, 2.75) is 31.3 Å². The fourth-order valence-corrected chi connectivity index (χ4v) is 2.86. The molecule has 1 saturated carbocycles. The molecule has 0 radical (unpaired) electrons. The Morgan fingerprint density at radius 3 is 2.88 bits per heavy atom. The van der Waals surface area contributed by atoms with Crippen LogP contribution >= 0.6 is 11.3 Å². The van der Waals surface area contributed by atoms with E-state index in [0.717, 1.165) is 25.7 Å². The van der Waals surface area contributed by atoms with Gasteiger partial charge in [-0.25, -0.2) is 0 Å².